The van der Waals surface area contributed by atoms with Crippen LogP contribution in [0.4, 0.5) is 10.1 Å². The molecule has 2 fully saturated rings. The van der Waals surface area contributed by atoms with Gasteiger partial charge in [0.25, 0.3) is 0 Å². The Balaban J connectivity index is 1.61. The molecule has 8 nitrogen and oxygen atoms in total. The molecular formula is C29H30FNO7S. The van der Waals surface area contributed by atoms with Crippen LogP contribution in [0.25, 0.3) is 22.3 Å². The van der Waals surface area contributed by atoms with Crippen molar-refractivity contribution in [3.63, 3.8) is 0 Å². The van der Waals surface area contributed by atoms with Crippen LogP contribution in [0.15, 0.2) is 40.8 Å². The fraction of sp³-hybridized carbons (Fsp3) is 0.414. The molecule has 206 valence electrons. The van der Waals surface area contributed by atoms with Crippen LogP contribution in [-0.4, -0.2) is 45.9 Å². The molecule has 3 aromatic rings. The molecule has 39 heavy (non-hydrogen) atoms. The van der Waals surface area contributed by atoms with Gasteiger partial charge in [0.2, 0.25) is 10.0 Å². The van der Waals surface area contributed by atoms with Gasteiger partial charge in [-0.2, -0.15) is 0 Å². The number of methoxy groups -OCH3 is 1. The highest BCUT2D eigenvalue weighted by Gasteiger charge is 2.52. The largest absolute Gasteiger partial charge is 0.469 e. The van der Waals surface area contributed by atoms with Crippen molar-refractivity contribution in [3.05, 3.63) is 53.3 Å². The molecule has 0 aliphatic heterocycles. The molecule has 2 aliphatic carbocycles. The van der Waals surface area contributed by atoms with Crippen molar-refractivity contribution in [2.24, 2.45) is 5.41 Å². The molecule has 10 heteroatoms. The van der Waals surface area contributed by atoms with E-state index in [-0.39, 0.29) is 30.3 Å². The SMILES string of the molecule is CCC(=O)c1c(-c2ccc(F)cc2)oc2cc(N(CC(=O)CC3(C(=O)OC)CC3)S(C)(=O)=O)c(C3CC3)cc12. The number of benzene rings is 2. The minimum absolute atomic E-state index is 0.0716. The quantitative estimate of drug-likeness (QED) is 0.230. The summed E-state index contributed by atoms with van der Waals surface area (Å²) in [6, 6.07) is 8.98. The molecule has 0 saturated heterocycles. The Kier molecular flexibility index (Phi) is 6.86. The number of hydrogen-bond acceptors (Lipinski definition) is 7. The standard InChI is InChI=1S/C29H30FNO7S/c1-4-24(33)26-22-13-21(17-5-6-17)23(14-25(22)38-27(26)18-7-9-19(30)10-8-18)31(39(3,35)36)16-20(32)15-29(11-12-29)28(34)37-2/h7-10,13-14,17H,4-6,11-12,15-16H2,1-3H3. The van der Waals surface area contributed by atoms with Crippen molar-refractivity contribution < 1.29 is 36.3 Å². The van der Waals surface area contributed by atoms with Crippen LogP contribution in [0.3, 0.4) is 0 Å². The number of anilines is 1. The zero-order valence-corrected chi connectivity index (χ0v) is 22.9. The van der Waals surface area contributed by atoms with Crippen molar-refractivity contribution in [2.45, 2.75) is 51.4 Å². The highest BCUT2D eigenvalue weighted by Crippen LogP contribution is 2.51. The molecule has 0 N–H and O–H groups in total. The maximum absolute atomic E-state index is 13.6. The molecule has 0 radical (unpaired) electrons. The number of sulfonamides is 1. The Labute approximate surface area is 226 Å². The highest BCUT2D eigenvalue weighted by molar-refractivity contribution is 7.92. The topological polar surface area (TPSA) is 111 Å². The summed E-state index contributed by atoms with van der Waals surface area (Å²) in [5, 5.41) is 0.550. The Morgan fingerprint density at radius 2 is 1.79 bits per heavy atom. The molecule has 1 aromatic heterocycles. The van der Waals surface area contributed by atoms with E-state index in [2.05, 4.69) is 0 Å². The zero-order valence-electron chi connectivity index (χ0n) is 22.1. The van der Waals surface area contributed by atoms with E-state index in [9.17, 15) is 27.2 Å². The van der Waals surface area contributed by atoms with Crippen molar-refractivity contribution in [1.82, 2.24) is 0 Å². The van der Waals surface area contributed by atoms with Gasteiger partial charge in [0.15, 0.2) is 11.6 Å². The maximum Gasteiger partial charge on any atom is 0.312 e. The number of carbonyl (C=O) groups is 3. The molecular weight excluding hydrogens is 525 g/mol. The van der Waals surface area contributed by atoms with E-state index < -0.39 is 39.6 Å². The minimum Gasteiger partial charge on any atom is -0.469 e. The zero-order chi connectivity index (χ0) is 28.1. The first-order valence-electron chi connectivity index (χ1n) is 12.9. The van der Waals surface area contributed by atoms with E-state index in [4.69, 9.17) is 9.15 Å². The molecule has 0 bridgehead atoms. The summed E-state index contributed by atoms with van der Waals surface area (Å²) in [6.07, 6.45) is 3.89. The molecule has 1 heterocycles. The lowest BCUT2D eigenvalue weighted by atomic mass is 9.97. The lowest BCUT2D eigenvalue weighted by molar-refractivity contribution is -0.148. The number of carbonyl (C=O) groups excluding carboxylic acids is 3. The molecule has 0 spiro atoms. The van der Waals surface area contributed by atoms with Gasteiger partial charge in [-0.1, -0.05) is 6.92 Å². The minimum atomic E-state index is -3.91. The molecule has 0 unspecified atom stereocenters. The average molecular weight is 556 g/mol. The number of ether oxygens (including phenoxy) is 1. The van der Waals surface area contributed by atoms with E-state index in [1.807, 2.05) is 0 Å². The number of halogens is 1. The summed E-state index contributed by atoms with van der Waals surface area (Å²) in [6.45, 7) is 1.30. The number of fused-ring (bicyclic) bond motifs is 1. The predicted octanol–water partition coefficient (Wildman–Crippen LogP) is 5.39. The van der Waals surface area contributed by atoms with Crippen LogP contribution < -0.4 is 4.31 Å². The molecule has 2 aromatic carbocycles. The first kappa shape index (κ1) is 27.1. The lowest BCUT2D eigenvalue weighted by Crippen LogP contribution is -2.37. The van der Waals surface area contributed by atoms with Crippen LogP contribution >= 0.6 is 0 Å². The number of hydrogen-bond donors (Lipinski definition) is 0. The van der Waals surface area contributed by atoms with Crippen LogP contribution in [0.1, 0.15) is 67.3 Å². The van der Waals surface area contributed by atoms with E-state index >= 15 is 0 Å². The lowest BCUT2D eigenvalue weighted by Gasteiger charge is -2.25. The highest BCUT2D eigenvalue weighted by atomic mass is 32.2. The van der Waals surface area contributed by atoms with Gasteiger partial charge in [0, 0.05) is 29.9 Å². The van der Waals surface area contributed by atoms with Crippen molar-refractivity contribution >= 4 is 44.2 Å². The van der Waals surface area contributed by atoms with Crippen LogP contribution in [0.5, 0.6) is 0 Å². The summed E-state index contributed by atoms with van der Waals surface area (Å²) in [7, 11) is -2.63. The smallest absolute Gasteiger partial charge is 0.312 e. The fourth-order valence-corrected chi connectivity index (χ4v) is 6.03. The Morgan fingerprint density at radius 3 is 2.33 bits per heavy atom. The van der Waals surface area contributed by atoms with Crippen LogP contribution in [-0.2, 0) is 24.3 Å². The maximum atomic E-state index is 13.6. The molecule has 2 saturated carbocycles. The molecule has 0 amide bonds. The summed E-state index contributed by atoms with van der Waals surface area (Å²) >= 11 is 0. The Hall–Kier alpha value is -3.53. The van der Waals surface area contributed by atoms with Crippen molar-refractivity contribution in [2.75, 3.05) is 24.2 Å². The molecule has 2 aliphatic rings. The summed E-state index contributed by atoms with van der Waals surface area (Å²) in [5.74, 6) is -1.08. The Bertz CT molecular complexity index is 1580. The second-order valence-corrected chi connectivity index (χ2v) is 12.4. The summed E-state index contributed by atoms with van der Waals surface area (Å²) in [4.78, 5) is 38.3. The monoisotopic (exact) mass is 555 g/mol. The fourth-order valence-electron chi connectivity index (χ4n) is 5.14. The average Bonchev–Trinajstić information content (AvgIpc) is 3.83. The number of ketones is 2. The van der Waals surface area contributed by atoms with Crippen LogP contribution in [0.2, 0.25) is 0 Å². The van der Waals surface area contributed by atoms with Crippen molar-refractivity contribution in [1.29, 1.82) is 0 Å². The van der Waals surface area contributed by atoms with Crippen LogP contribution in [0, 0.1) is 11.2 Å². The normalized spacial score (nSPS) is 16.2. The number of furan rings is 1. The summed E-state index contributed by atoms with van der Waals surface area (Å²) in [5.41, 5.74) is 1.33. The second kappa shape index (κ2) is 9.89. The van der Waals surface area contributed by atoms with Gasteiger partial charge < -0.3 is 9.15 Å². The van der Waals surface area contributed by atoms with E-state index in [0.29, 0.717) is 46.2 Å². The van der Waals surface area contributed by atoms with Gasteiger partial charge in [0.1, 0.15) is 17.2 Å². The van der Waals surface area contributed by atoms with E-state index in [1.165, 1.54) is 31.4 Å². The molecule has 5 rings (SSSR count). The number of rotatable bonds is 11. The van der Waals surface area contributed by atoms with Gasteiger partial charge in [-0.05, 0) is 67.5 Å². The third-order valence-electron chi connectivity index (χ3n) is 7.56. The van der Waals surface area contributed by atoms with Crippen molar-refractivity contribution in [3.8, 4) is 11.3 Å². The first-order valence-corrected chi connectivity index (χ1v) is 14.8. The van der Waals surface area contributed by atoms with Gasteiger partial charge in [-0.25, -0.2) is 12.8 Å². The summed E-state index contributed by atoms with van der Waals surface area (Å²) < 4.78 is 51.7. The van der Waals surface area contributed by atoms with Gasteiger partial charge in [-0.3, -0.25) is 18.7 Å². The third kappa shape index (κ3) is 5.22. The van der Waals surface area contributed by atoms with E-state index in [0.717, 1.165) is 23.4 Å². The number of nitrogens with zero attached hydrogens (tertiary/aromatic N) is 1. The number of esters is 1. The third-order valence-corrected chi connectivity index (χ3v) is 8.68. The second-order valence-electron chi connectivity index (χ2n) is 10.5. The van der Waals surface area contributed by atoms with E-state index in [1.54, 1.807) is 19.1 Å². The van der Waals surface area contributed by atoms with Gasteiger partial charge >= 0.3 is 5.97 Å². The predicted molar refractivity (Wildman–Crippen MR) is 144 cm³/mol. The first-order chi connectivity index (χ1) is 18.5. The number of Topliss-reactive ketones (excluding diaryl/α,β-unsaturated/α-hetero) is 2. The van der Waals surface area contributed by atoms with Gasteiger partial charge in [0.05, 0.1) is 36.6 Å². The van der Waals surface area contributed by atoms with Gasteiger partial charge in [-0.15, -0.1) is 0 Å². The molecule has 0 atom stereocenters. The Morgan fingerprint density at radius 1 is 1.13 bits per heavy atom.